The summed E-state index contributed by atoms with van der Waals surface area (Å²) in [5, 5.41) is 10.0. The molecule has 4 nitrogen and oxygen atoms in total. The van der Waals surface area contributed by atoms with Crippen molar-refractivity contribution in [2.45, 2.75) is 19.3 Å². The van der Waals surface area contributed by atoms with E-state index in [0.29, 0.717) is 0 Å². The van der Waals surface area contributed by atoms with Gasteiger partial charge in [0.2, 0.25) is 0 Å². The third kappa shape index (κ3) is 4.23. The van der Waals surface area contributed by atoms with Gasteiger partial charge in [-0.3, -0.25) is 9.20 Å². The number of para-hydroxylation sites is 3. The molecule has 0 atom stereocenters. The highest BCUT2D eigenvalue weighted by atomic mass is 16.1. The molecule has 0 radical (unpaired) electrons. The van der Waals surface area contributed by atoms with Gasteiger partial charge in [0.25, 0.3) is 5.56 Å². The quantitative estimate of drug-likeness (QED) is 0.164. The first-order chi connectivity index (χ1) is 30.5. The highest BCUT2D eigenvalue weighted by Crippen LogP contribution is 2.53. The Morgan fingerprint density at radius 2 is 0.968 bits per heavy atom. The van der Waals surface area contributed by atoms with E-state index in [4.69, 9.17) is 0 Å². The van der Waals surface area contributed by atoms with E-state index in [1.54, 1.807) is 0 Å². The lowest BCUT2D eigenvalue weighted by atomic mass is 9.80. The molecule has 0 bridgehead atoms. The van der Waals surface area contributed by atoms with Gasteiger partial charge in [-0.1, -0.05) is 129 Å². The Kier molecular flexibility index (Phi) is 6.48. The Balaban J connectivity index is 0.977. The number of pyridine rings is 1. The summed E-state index contributed by atoms with van der Waals surface area (Å²) in [7, 11) is 0. The van der Waals surface area contributed by atoms with E-state index in [1.165, 1.54) is 54.8 Å². The molecule has 4 heteroatoms. The highest BCUT2D eigenvalue weighted by molar-refractivity contribution is 6.22. The lowest BCUT2D eigenvalue weighted by Gasteiger charge is -2.22. The van der Waals surface area contributed by atoms with Gasteiger partial charge in [-0.2, -0.15) is 0 Å². The summed E-state index contributed by atoms with van der Waals surface area (Å²) < 4.78 is 6.81. The Hall–Kier alpha value is -7.95. The molecule has 0 saturated carbocycles. The molecule has 0 spiro atoms. The van der Waals surface area contributed by atoms with E-state index in [0.717, 1.165) is 71.5 Å². The average Bonchev–Trinajstić information content (AvgIpc) is 4.02. The molecular weight excluding hydrogens is 755 g/mol. The molecule has 13 aromatic rings. The Morgan fingerprint density at radius 3 is 1.77 bits per heavy atom. The van der Waals surface area contributed by atoms with Crippen LogP contribution in [0.5, 0.6) is 0 Å². The van der Waals surface area contributed by atoms with Gasteiger partial charge in [-0.25, -0.2) is 0 Å². The Bertz CT molecular complexity index is 4160. The van der Waals surface area contributed by atoms with Crippen molar-refractivity contribution in [2.75, 3.05) is 0 Å². The smallest absolute Gasteiger partial charge is 0.263 e. The van der Waals surface area contributed by atoms with Crippen LogP contribution in [0.15, 0.2) is 193 Å². The minimum atomic E-state index is -0.127. The van der Waals surface area contributed by atoms with E-state index in [2.05, 4.69) is 187 Å². The van der Waals surface area contributed by atoms with Crippen LogP contribution in [-0.2, 0) is 5.41 Å². The Morgan fingerprint density at radius 1 is 0.387 bits per heavy atom. The van der Waals surface area contributed by atoms with Crippen molar-refractivity contribution in [3.63, 3.8) is 0 Å². The van der Waals surface area contributed by atoms with Crippen molar-refractivity contribution in [2.24, 2.45) is 0 Å². The van der Waals surface area contributed by atoms with E-state index in [9.17, 15) is 4.79 Å². The molecule has 0 unspecified atom stereocenters. The molecule has 1 aliphatic rings. The summed E-state index contributed by atoms with van der Waals surface area (Å²) in [4.78, 5) is 14.0. The van der Waals surface area contributed by atoms with Crippen LogP contribution >= 0.6 is 0 Å². The van der Waals surface area contributed by atoms with Crippen LogP contribution in [0.4, 0.5) is 0 Å². The van der Waals surface area contributed by atoms with Gasteiger partial charge in [0.05, 0.1) is 33.1 Å². The lowest BCUT2D eigenvalue weighted by molar-refractivity contribution is 0.666. The summed E-state index contributed by atoms with van der Waals surface area (Å²) in [6, 6.07) is 68.1. The second kappa shape index (κ2) is 11.9. The first kappa shape index (κ1) is 33.8. The fourth-order valence-corrected chi connectivity index (χ4v) is 11.5. The summed E-state index contributed by atoms with van der Waals surface area (Å²) in [6.45, 7) is 4.77. The van der Waals surface area contributed by atoms with Crippen LogP contribution in [0.3, 0.4) is 0 Å². The van der Waals surface area contributed by atoms with Crippen LogP contribution in [0.2, 0.25) is 0 Å². The number of hydrogen-bond donors (Lipinski definition) is 0. The number of fused-ring (bicyclic) bond motifs is 15. The summed E-state index contributed by atoms with van der Waals surface area (Å²) >= 11 is 0. The molecule has 4 aromatic heterocycles. The summed E-state index contributed by atoms with van der Waals surface area (Å²) in [5.74, 6) is 0. The topological polar surface area (TPSA) is 31.3 Å². The maximum absolute atomic E-state index is 14.0. The first-order valence-corrected chi connectivity index (χ1v) is 21.5. The van der Waals surface area contributed by atoms with Crippen molar-refractivity contribution in [3.05, 3.63) is 210 Å². The molecule has 14 rings (SSSR count). The molecule has 62 heavy (non-hydrogen) atoms. The lowest BCUT2D eigenvalue weighted by Crippen LogP contribution is -2.15. The minimum Gasteiger partial charge on any atom is -0.309 e. The highest BCUT2D eigenvalue weighted by Gasteiger charge is 2.38. The maximum atomic E-state index is 14.0. The minimum absolute atomic E-state index is 0.0279. The van der Waals surface area contributed by atoms with Gasteiger partial charge in [0, 0.05) is 59.9 Å². The third-order valence-corrected chi connectivity index (χ3v) is 14.1. The number of benzene rings is 9. The summed E-state index contributed by atoms with van der Waals surface area (Å²) in [6.07, 6.45) is 0. The van der Waals surface area contributed by atoms with Crippen molar-refractivity contribution in [3.8, 4) is 33.6 Å². The standard InChI is InChI=1S/C58H37N3O/c1-58(2)48-22-9-5-17-39(48)42-27-29-53-54(55(42)58)44-21-8-12-25-51(44)60(53)37-26-28-52-45(33-37)40-18-6-10-23-49(40)59(52)36-15-13-14-34(30-36)35-31-46-38-16-3-4-20-43(38)57(62)61-50-24-11-7-19-41(50)47(32-35)56(46)61/h3-33H,1-2H3. The van der Waals surface area contributed by atoms with E-state index >= 15 is 0 Å². The van der Waals surface area contributed by atoms with Crippen LogP contribution in [-0.4, -0.2) is 13.5 Å². The first-order valence-electron chi connectivity index (χ1n) is 21.5. The van der Waals surface area contributed by atoms with Crippen LogP contribution in [0.1, 0.15) is 25.0 Å². The van der Waals surface area contributed by atoms with Gasteiger partial charge >= 0.3 is 0 Å². The number of nitrogens with zero attached hydrogens (tertiary/aromatic N) is 3. The molecule has 0 aliphatic heterocycles. The van der Waals surface area contributed by atoms with Gasteiger partial charge < -0.3 is 9.13 Å². The van der Waals surface area contributed by atoms with Crippen LogP contribution in [0.25, 0.3) is 115 Å². The fraction of sp³-hybridized carbons (Fsp3) is 0.0517. The molecule has 9 aromatic carbocycles. The Labute approximate surface area is 356 Å². The van der Waals surface area contributed by atoms with Gasteiger partial charge in [-0.05, 0) is 112 Å². The van der Waals surface area contributed by atoms with Crippen molar-refractivity contribution in [1.82, 2.24) is 13.5 Å². The molecular formula is C58H37N3O. The number of hydrogen-bond acceptors (Lipinski definition) is 1. The second-order valence-corrected chi connectivity index (χ2v) is 17.6. The molecule has 290 valence electrons. The molecule has 0 amide bonds. The van der Waals surface area contributed by atoms with Gasteiger partial charge in [0.15, 0.2) is 0 Å². The molecule has 1 aliphatic carbocycles. The number of rotatable bonds is 3. The molecule has 4 heterocycles. The van der Waals surface area contributed by atoms with E-state index in [1.807, 2.05) is 28.7 Å². The maximum Gasteiger partial charge on any atom is 0.263 e. The second-order valence-electron chi connectivity index (χ2n) is 17.6. The zero-order chi connectivity index (χ0) is 41.0. The zero-order valence-corrected chi connectivity index (χ0v) is 34.1. The van der Waals surface area contributed by atoms with Gasteiger partial charge in [-0.15, -0.1) is 0 Å². The van der Waals surface area contributed by atoms with Crippen LogP contribution in [0, 0.1) is 0 Å². The third-order valence-electron chi connectivity index (χ3n) is 14.1. The monoisotopic (exact) mass is 791 g/mol. The predicted octanol–water partition coefficient (Wildman–Crippen LogP) is 14.4. The largest absolute Gasteiger partial charge is 0.309 e. The van der Waals surface area contributed by atoms with Crippen LogP contribution < -0.4 is 5.56 Å². The zero-order valence-electron chi connectivity index (χ0n) is 34.1. The van der Waals surface area contributed by atoms with Gasteiger partial charge in [0.1, 0.15) is 0 Å². The fourth-order valence-electron chi connectivity index (χ4n) is 11.5. The molecule has 0 N–H and O–H groups in total. The number of aromatic nitrogens is 3. The average molecular weight is 792 g/mol. The SMILES string of the molecule is CC1(C)c2ccccc2-c2ccc3c(c21)c1ccccc1n3-c1ccc2c(c1)c1ccccc1n2-c1cccc(-c2cc3c4ccccc4c(=O)n4c5ccccc5c(c2)c34)c1. The van der Waals surface area contributed by atoms with Crippen molar-refractivity contribution in [1.29, 1.82) is 0 Å². The van der Waals surface area contributed by atoms with Crippen molar-refractivity contribution >= 4 is 81.6 Å². The van der Waals surface area contributed by atoms with E-state index < -0.39 is 0 Å². The normalized spacial score (nSPS) is 13.5. The van der Waals surface area contributed by atoms with Crippen molar-refractivity contribution < 1.29 is 0 Å². The van der Waals surface area contributed by atoms with E-state index in [-0.39, 0.29) is 11.0 Å². The molecule has 0 fully saturated rings. The molecule has 0 saturated heterocycles. The predicted molar refractivity (Wildman–Crippen MR) is 259 cm³/mol. The summed E-state index contributed by atoms with van der Waals surface area (Å²) in [5.41, 5.74) is 16.6.